The highest BCUT2D eigenvalue weighted by molar-refractivity contribution is 7.10. The van der Waals surface area contributed by atoms with Crippen LogP contribution in [0.25, 0.3) is 0 Å². The predicted molar refractivity (Wildman–Crippen MR) is 90.5 cm³/mol. The Hall–Kier alpha value is -1.73. The van der Waals surface area contributed by atoms with Crippen molar-refractivity contribution < 1.29 is 4.79 Å². The van der Waals surface area contributed by atoms with Crippen molar-refractivity contribution in [1.29, 1.82) is 0 Å². The first-order valence-electron chi connectivity index (χ1n) is 8.03. The summed E-state index contributed by atoms with van der Waals surface area (Å²) in [5.41, 5.74) is 1.65. The summed E-state index contributed by atoms with van der Waals surface area (Å²) in [7, 11) is 1.81. The Balaban J connectivity index is 1.60. The van der Waals surface area contributed by atoms with Crippen LogP contribution in [0.4, 0.5) is 0 Å². The molecule has 0 aromatic carbocycles. The molecule has 1 aliphatic heterocycles. The van der Waals surface area contributed by atoms with E-state index in [0.717, 1.165) is 19.6 Å². The van der Waals surface area contributed by atoms with Crippen LogP contribution in [0.15, 0.2) is 17.6 Å². The van der Waals surface area contributed by atoms with Crippen LogP contribution in [0.5, 0.6) is 0 Å². The summed E-state index contributed by atoms with van der Waals surface area (Å²) < 4.78 is 1.80. The summed E-state index contributed by atoms with van der Waals surface area (Å²) in [6.07, 6.45) is 4.18. The molecule has 2 aromatic rings. The molecule has 1 amide bonds. The van der Waals surface area contributed by atoms with E-state index in [1.807, 2.05) is 7.05 Å². The van der Waals surface area contributed by atoms with Gasteiger partial charge in [-0.2, -0.15) is 0 Å². The van der Waals surface area contributed by atoms with Crippen molar-refractivity contribution in [3.8, 4) is 0 Å². The number of piperidine rings is 1. The molecule has 0 bridgehead atoms. The molecule has 0 aliphatic carbocycles. The van der Waals surface area contributed by atoms with Crippen LogP contribution >= 0.6 is 11.3 Å². The van der Waals surface area contributed by atoms with Crippen LogP contribution in [-0.2, 0) is 13.1 Å². The molecular weight excluding hydrogens is 310 g/mol. The topological polar surface area (TPSA) is 63.1 Å². The summed E-state index contributed by atoms with van der Waals surface area (Å²) in [6.45, 7) is 5.62. The maximum absolute atomic E-state index is 12.5. The summed E-state index contributed by atoms with van der Waals surface area (Å²) in [4.78, 5) is 15.4. The molecule has 1 N–H and O–H groups in total. The van der Waals surface area contributed by atoms with E-state index in [2.05, 4.69) is 34.0 Å². The summed E-state index contributed by atoms with van der Waals surface area (Å²) in [6, 6.07) is 2.08. The SMILES string of the molecule is Cc1ccsc1CN(C)C(=O)c1cn(CC2CCCNC2)nn1. The monoisotopic (exact) mass is 333 g/mol. The van der Waals surface area contributed by atoms with Gasteiger partial charge in [-0.15, -0.1) is 16.4 Å². The van der Waals surface area contributed by atoms with Crippen molar-refractivity contribution in [1.82, 2.24) is 25.2 Å². The van der Waals surface area contributed by atoms with E-state index in [-0.39, 0.29) is 5.91 Å². The Morgan fingerprint density at radius 3 is 3.13 bits per heavy atom. The number of carbonyl (C=O) groups is 1. The molecular formula is C16H23N5OS. The number of hydrogen-bond donors (Lipinski definition) is 1. The van der Waals surface area contributed by atoms with Crippen molar-refractivity contribution in [3.63, 3.8) is 0 Å². The quantitative estimate of drug-likeness (QED) is 0.908. The van der Waals surface area contributed by atoms with Gasteiger partial charge in [-0.25, -0.2) is 0 Å². The lowest BCUT2D eigenvalue weighted by Crippen LogP contribution is -2.32. The van der Waals surface area contributed by atoms with Crippen molar-refractivity contribution >= 4 is 17.2 Å². The van der Waals surface area contributed by atoms with Gasteiger partial charge < -0.3 is 10.2 Å². The van der Waals surface area contributed by atoms with Gasteiger partial charge in [0.15, 0.2) is 5.69 Å². The van der Waals surface area contributed by atoms with Crippen molar-refractivity contribution in [3.05, 3.63) is 33.8 Å². The van der Waals surface area contributed by atoms with E-state index in [4.69, 9.17) is 0 Å². The maximum atomic E-state index is 12.5. The molecule has 1 fully saturated rings. The maximum Gasteiger partial charge on any atom is 0.276 e. The fraction of sp³-hybridized carbons (Fsp3) is 0.562. The van der Waals surface area contributed by atoms with E-state index in [1.54, 1.807) is 27.1 Å². The standard InChI is InChI=1S/C16H23N5OS/c1-12-5-7-23-15(12)11-20(2)16(22)14-10-21(19-18-14)9-13-4-3-6-17-8-13/h5,7,10,13,17H,3-4,6,8-9,11H2,1-2H3. The predicted octanol–water partition coefficient (Wildman–Crippen LogP) is 1.92. The fourth-order valence-corrected chi connectivity index (χ4v) is 3.84. The second-order valence-electron chi connectivity index (χ2n) is 6.23. The van der Waals surface area contributed by atoms with Gasteiger partial charge in [0.25, 0.3) is 5.91 Å². The number of aryl methyl sites for hydroxylation is 1. The summed E-state index contributed by atoms with van der Waals surface area (Å²) in [5.74, 6) is 0.491. The third-order valence-electron chi connectivity index (χ3n) is 4.30. The molecule has 6 nitrogen and oxygen atoms in total. The van der Waals surface area contributed by atoms with Crippen LogP contribution in [0.3, 0.4) is 0 Å². The van der Waals surface area contributed by atoms with Gasteiger partial charge in [0.1, 0.15) is 0 Å². The van der Waals surface area contributed by atoms with E-state index >= 15 is 0 Å². The second kappa shape index (κ2) is 7.23. The zero-order valence-corrected chi connectivity index (χ0v) is 14.5. The molecule has 3 rings (SSSR count). The number of carbonyl (C=O) groups excluding carboxylic acids is 1. The fourth-order valence-electron chi connectivity index (χ4n) is 2.88. The minimum absolute atomic E-state index is 0.0779. The Morgan fingerprint density at radius 2 is 2.43 bits per heavy atom. The van der Waals surface area contributed by atoms with Gasteiger partial charge in [0.05, 0.1) is 12.7 Å². The largest absolute Gasteiger partial charge is 0.335 e. The lowest BCUT2D eigenvalue weighted by Gasteiger charge is -2.22. The normalized spacial score (nSPS) is 18.1. The molecule has 7 heteroatoms. The van der Waals surface area contributed by atoms with Crippen LogP contribution in [0.2, 0.25) is 0 Å². The minimum atomic E-state index is -0.0779. The second-order valence-corrected chi connectivity index (χ2v) is 7.23. The van der Waals surface area contributed by atoms with Crippen molar-refractivity contribution in [2.45, 2.75) is 32.9 Å². The lowest BCUT2D eigenvalue weighted by molar-refractivity contribution is 0.0780. The number of thiophene rings is 1. The van der Waals surface area contributed by atoms with E-state index in [9.17, 15) is 4.79 Å². The highest BCUT2D eigenvalue weighted by Crippen LogP contribution is 2.18. The van der Waals surface area contributed by atoms with Gasteiger partial charge in [0, 0.05) is 18.5 Å². The zero-order chi connectivity index (χ0) is 16.2. The van der Waals surface area contributed by atoms with E-state index in [1.165, 1.54) is 23.3 Å². The lowest BCUT2D eigenvalue weighted by atomic mass is 10.00. The van der Waals surface area contributed by atoms with E-state index in [0.29, 0.717) is 18.2 Å². The highest BCUT2D eigenvalue weighted by Gasteiger charge is 2.19. The number of rotatable bonds is 5. The average molecular weight is 333 g/mol. The molecule has 0 spiro atoms. The number of nitrogens with zero attached hydrogens (tertiary/aromatic N) is 4. The molecule has 1 aliphatic rings. The molecule has 0 radical (unpaired) electrons. The minimum Gasteiger partial charge on any atom is -0.335 e. The molecule has 1 unspecified atom stereocenters. The Morgan fingerprint density at radius 1 is 1.57 bits per heavy atom. The first-order valence-corrected chi connectivity index (χ1v) is 8.90. The third kappa shape index (κ3) is 3.97. The Kier molecular flexibility index (Phi) is 5.07. The average Bonchev–Trinajstić information content (AvgIpc) is 3.17. The Labute approximate surface area is 140 Å². The molecule has 23 heavy (non-hydrogen) atoms. The first-order chi connectivity index (χ1) is 11.1. The molecule has 3 heterocycles. The molecule has 1 saturated heterocycles. The van der Waals surface area contributed by atoms with E-state index < -0.39 is 0 Å². The van der Waals surface area contributed by atoms with Gasteiger partial charge in [0.2, 0.25) is 0 Å². The smallest absolute Gasteiger partial charge is 0.276 e. The summed E-state index contributed by atoms with van der Waals surface area (Å²) in [5, 5.41) is 13.6. The van der Waals surface area contributed by atoms with Crippen molar-refractivity contribution in [2.24, 2.45) is 5.92 Å². The van der Waals surface area contributed by atoms with Crippen LogP contribution < -0.4 is 5.32 Å². The Bertz CT molecular complexity index is 659. The highest BCUT2D eigenvalue weighted by atomic mass is 32.1. The molecule has 1 atom stereocenters. The van der Waals surface area contributed by atoms with Gasteiger partial charge in [-0.1, -0.05) is 5.21 Å². The molecule has 0 saturated carbocycles. The summed E-state index contributed by atoms with van der Waals surface area (Å²) >= 11 is 1.68. The van der Waals surface area contributed by atoms with Gasteiger partial charge in [-0.05, 0) is 55.8 Å². The number of nitrogens with one attached hydrogen (secondary N) is 1. The third-order valence-corrected chi connectivity index (χ3v) is 5.31. The first kappa shape index (κ1) is 16.1. The number of amides is 1. The number of hydrogen-bond acceptors (Lipinski definition) is 5. The van der Waals surface area contributed by atoms with Crippen molar-refractivity contribution in [2.75, 3.05) is 20.1 Å². The van der Waals surface area contributed by atoms with Crippen LogP contribution in [0.1, 0.15) is 33.8 Å². The van der Waals surface area contributed by atoms with Crippen LogP contribution in [-0.4, -0.2) is 45.9 Å². The van der Waals surface area contributed by atoms with Gasteiger partial charge in [-0.3, -0.25) is 9.48 Å². The molecule has 2 aromatic heterocycles. The van der Waals surface area contributed by atoms with Crippen LogP contribution in [0, 0.1) is 12.8 Å². The zero-order valence-electron chi connectivity index (χ0n) is 13.7. The number of aromatic nitrogens is 3. The molecule has 124 valence electrons. The van der Waals surface area contributed by atoms with Gasteiger partial charge >= 0.3 is 0 Å².